The standard InChI is InChI=1S/C9H15F/c1-7-4-5-9(3,10)6-8(7)2/h4-6H2,1-3H3. The summed E-state index contributed by atoms with van der Waals surface area (Å²) in [5, 5.41) is 0. The molecule has 1 unspecified atom stereocenters. The summed E-state index contributed by atoms with van der Waals surface area (Å²) in [5.41, 5.74) is 1.70. The molecule has 0 fully saturated rings. The van der Waals surface area contributed by atoms with Gasteiger partial charge in [-0.2, -0.15) is 0 Å². The highest BCUT2D eigenvalue weighted by molar-refractivity contribution is 5.16. The highest BCUT2D eigenvalue weighted by atomic mass is 19.1. The Labute approximate surface area is 62.1 Å². The summed E-state index contributed by atoms with van der Waals surface area (Å²) >= 11 is 0. The van der Waals surface area contributed by atoms with Crippen LogP contribution in [0, 0.1) is 0 Å². The molecule has 0 spiro atoms. The number of hydrogen-bond donors (Lipinski definition) is 0. The molecule has 0 bridgehead atoms. The van der Waals surface area contributed by atoms with Gasteiger partial charge in [0.1, 0.15) is 5.67 Å². The molecule has 0 amide bonds. The van der Waals surface area contributed by atoms with E-state index in [1.54, 1.807) is 6.92 Å². The second kappa shape index (κ2) is 2.37. The zero-order valence-corrected chi connectivity index (χ0v) is 7.00. The lowest BCUT2D eigenvalue weighted by Gasteiger charge is -2.27. The van der Waals surface area contributed by atoms with E-state index in [9.17, 15) is 4.39 Å². The molecule has 1 aliphatic carbocycles. The largest absolute Gasteiger partial charge is 0.244 e. The van der Waals surface area contributed by atoms with Crippen LogP contribution in [0.1, 0.15) is 40.0 Å². The van der Waals surface area contributed by atoms with Crippen LogP contribution < -0.4 is 0 Å². The van der Waals surface area contributed by atoms with Crippen molar-refractivity contribution in [3.05, 3.63) is 11.1 Å². The van der Waals surface area contributed by atoms with Crippen molar-refractivity contribution in [2.24, 2.45) is 0 Å². The summed E-state index contributed by atoms with van der Waals surface area (Å²) in [5.74, 6) is 0. The van der Waals surface area contributed by atoms with Gasteiger partial charge in [-0.25, -0.2) is 4.39 Å². The van der Waals surface area contributed by atoms with E-state index >= 15 is 0 Å². The summed E-state index contributed by atoms with van der Waals surface area (Å²) in [6.07, 6.45) is 2.29. The van der Waals surface area contributed by atoms with Crippen LogP contribution in [0.5, 0.6) is 0 Å². The van der Waals surface area contributed by atoms with Crippen LogP contribution in [0.25, 0.3) is 0 Å². The molecule has 1 aliphatic rings. The number of halogens is 1. The molecule has 0 heterocycles. The molecule has 1 rings (SSSR count). The van der Waals surface area contributed by atoms with E-state index in [0.29, 0.717) is 12.8 Å². The Morgan fingerprint density at radius 3 is 2.30 bits per heavy atom. The molecule has 0 aromatic carbocycles. The molecule has 0 radical (unpaired) electrons. The van der Waals surface area contributed by atoms with Gasteiger partial charge in [-0.15, -0.1) is 0 Å². The van der Waals surface area contributed by atoms with Gasteiger partial charge in [0.25, 0.3) is 0 Å². The molecule has 0 saturated carbocycles. The number of allylic oxidation sites excluding steroid dienone is 2. The Hall–Kier alpha value is -0.330. The maximum absolute atomic E-state index is 13.3. The smallest absolute Gasteiger partial charge is 0.112 e. The Morgan fingerprint density at radius 2 is 1.90 bits per heavy atom. The third kappa shape index (κ3) is 1.59. The molecule has 1 atom stereocenters. The van der Waals surface area contributed by atoms with Crippen molar-refractivity contribution in [2.75, 3.05) is 0 Å². The average molecular weight is 142 g/mol. The van der Waals surface area contributed by atoms with Crippen LogP contribution in [-0.4, -0.2) is 5.67 Å². The van der Waals surface area contributed by atoms with Crippen molar-refractivity contribution in [1.82, 2.24) is 0 Å². The molecule has 0 aromatic heterocycles. The van der Waals surface area contributed by atoms with Crippen LogP contribution in [-0.2, 0) is 0 Å². The van der Waals surface area contributed by atoms with E-state index in [1.807, 2.05) is 6.92 Å². The first kappa shape index (κ1) is 7.77. The first-order valence-corrected chi connectivity index (χ1v) is 3.85. The summed E-state index contributed by atoms with van der Waals surface area (Å²) in [6, 6.07) is 0. The van der Waals surface area contributed by atoms with Crippen LogP contribution >= 0.6 is 0 Å². The molecular weight excluding hydrogens is 127 g/mol. The van der Waals surface area contributed by atoms with E-state index in [4.69, 9.17) is 0 Å². The van der Waals surface area contributed by atoms with Crippen LogP contribution in [0.3, 0.4) is 0 Å². The van der Waals surface area contributed by atoms with Crippen molar-refractivity contribution >= 4 is 0 Å². The first-order valence-electron chi connectivity index (χ1n) is 3.85. The van der Waals surface area contributed by atoms with Gasteiger partial charge in [0.15, 0.2) is 0 Å². The Kier molecular flexibility index (Phi) is 1.84. The Morgan fingerprint density at radius 1 is 1.30 bits per heavy atom. The summed E-state index contributed by atoms with van der Waals surface area (Å²) in [4.78, 5) is 0. The molecule has 0 N–H and O–H groups in total. The van der Waals surface area contributed by atoms with Crippen molar-refractivity contribution in [1.29, 1.82) is 0 Å². The van der Waals surface area contributed by atoms with Gasteiger partial charge in [0, 0.05) is 6.42 Å². The van der Waals surface area contributed by atoms with Crippen LogP contribution in [0.2, 0.25) is 0 Å². The molecule has 0 aromatic rings. The van der Waals surface area contributed by atoms with Crippen molar-refractivity contribution in [2.45, 2.75) is 45.7 Å². The van der Waals surface area contributed by atoms with Gasteiger partial charge in [-0.1, -0.05) is 11.1 Å². The fourth-order valence-corrected chi connectivity index (χ4v) is 1.45. The highest BCUT2D eigenvalue weighted by Gasteiger charge is 2.27. The van der Waals surface area contributed by atoms with Gasteiger partial charge < -0.3 is 0 Å². The maximum Gasteiger partial charge on any atom is 0.112 e. The van der Waals surface area contributed by atoms with Gasteiger partial charge in [0.2, 0.25) is 0 Å². The maximum atomic E-state index is 13.3. The molecule has 10 heavy (non-hydrogen) atoms. The quantitative estimate of drug-likeness (QED) is 0.455. The van der Waals surface area contributed by atoms with E-state index in [1.165, 1.54) is 11.1 Å². The Bertz CT molecular complexity index is 166. The second-order valence-corrected chi connectivity index (χ2v) is 3.65. The zero-order valence-electron chi connectivity index (χ0n) is 7.00. The lowest BCUT2D eigenvalue weighted by Crippen LogP contribution is -2.22. The molecule has 58 valence electrons. The van der Waals surface area contributed by atoms with Gasteiger partial charge in [-0.3, -0.25) is 0 Å². The fraction of sp³-hybridized carbons (Fsp3) is 0.778. The second-order valence-electron chi connectivity index (χ2n) is 3.65. The minimum Gasteiger partial charge on any atom is -0.244 e. The summed E-state index contributed by atoms with van der Waals surface area (Å²) < 4.78 is 13.3. The first-order chi connectivity index (χ1) is 4.51. The third-order valence-corrected chi connectivity index (χ3v) is 2.38. The van der Waals surface area contributed by atoms with E-state index < -0.39 is 5.67 Å². The topological polar surface area (TPSA) is 0 Å². The summed E-state index contributed by atoms with van der Waals surface area (Å²) in [6.45, 7) is 5.83. The summed E-state index contributed by atoms with van der Waals surface area (Å²) in [7, 11) is 0. The van der Waals surface area contributed by atoms with Crippen LogP contribution in [0.15, 0.2) is 11.1 Å². The molecule has 0 saturated heterocycles. The van der Waals surface area contributed by atoms with Crippen LogP contribution in [0.4, 0.5) is 4.39 Å². The van der Waals surface area contributed by atoms with E-state index in [-0.39, 0.29) is 0 Å². The van der Waals surface area contributed by atoms with E-state index in [2.05, 4.69) is 6.92 Å². The number of hydrogen-bond acceptors (Lipinski definition) is 0. The third-order valence-electron chi connectivity index (χ3n) is 2.38. The molecule has 0 aliphatic heterocycles. The lowest BCUT2D eigenvalue weighted by molar-refractivity contribution is 0.166. The predicted octanol–water partition coefficient (Wildman–Crippen LogP) is 3.23. The van der Waals surface area contributed by atoms with Crippen molar-refractivity contribution in [3.8, 4) is 0 Å². The number of alkyl halides is 1. The monoisotopic (exact) mass is 142 g/mol. The molecule has 0 nitrogen and oxygen atoms in total. The average Bonchev–Trinajstić information content (AvgIpc) is 1.79. The molecule has 1 heteroatoms. The zero-order chi connectivity index (χ0) is 7.78. The van der Waals surface area contributed by atoms with Crippen molar-refractivity contribution < 1.29 is 4.39 Å². The van der Waals surface area contributed by atoms with Gasteiger partial charge >= 0.3 is 0 Å². The van der Waals surface area contributed by atoms with Gasteiger partial charge in [-0.05, 0) is 33.6 Å². The fourth-order valence-electron chi connectivity index (χ4n) is 1.45. The minimum absolute atomic E-state index is 0.638. The Balaban J connectivity index is 2.72. The minimum atomic E-state index is -0.927. The highest BCUT2D eigenvalue weighted by Crippen LogP contribution is 2.34. The van der Waals surface area contributed by atoms with E-state index in [0.717, 1.165) is 6.42 Å². The SMILES string of the molecule is CC1=C(C)CC(C)(F)CC1. The molecular formula is C9H15F. The van der Waals surface area contributed by atoms with Crippen molar-refractivity contribution in [3.63, 3.8) is 0 Å². The number of rotatable bonds is 0. The predicted molar refractivity (Wildman–Crippen MR) is 41.7 cm³/mol. The lowest BCUT2D eigenvalue weighted by atomic mass is 9.84. The normalized spacial score (nSPS) is 34.8. The van der Waals surface area contributed by atoms with Gasteiger partial charge in [0.05, 0.1) is 0 Å².